The van der Waals surface area contributed by atoms with Gasteiger partial charge in [0.25, 0.3) is 0 Å². The zero-order chi connectivity index (χ0) is 21.5. The number of thiazole rings is 1. The van der Waals surface area contributed by atoms with Crippen molar-refractivity contribution in [2.45, 2.75) is 39.7 Å². The average molecular weight is 438 g/mol. The molecule has 4 heterocycles. The zero-order valence-corrected chi connectivity index (χ0v) is 18.3. The van der Waals surface area contributed by atoms with Crippen molar-refractivity contribution in [3.8, 4) is 0 Å². The molecule has 160 valence electrons. The number of piperidine rings is 1. The van der Waals surface area contributed by atoms with Gasteiger partial charge in [0.15, 0.2) is 16.4 Å². The lowest BCUT2D eigenvalue weighted by atomic mass is 10.1. The minimum atomic E-state index is -0.394. The molecule has 0 unspecified atom stereocenters. The van der Waals surface area contributed by atoms with E-state index < -0.39 is 5.69 Å². The Morgan fingerprint density at radius 2 is 1.90 bits per heavy atom. The highest BCUT2D eigenvalue weighted by Gasteiger charge is 2.20. The number of rotatable bonds is 4. The van der Waals surface area contributed by atoms with E-state index in [-0.39, 0.29) is 12.5 Å². The summed E-state index contributed by atoms with van der Waals surface area (Å²) in [6, 6.07) is 5.82. The molecule has 0 bridgehead atoms. The molecular weight excluding hydrogens is 414 g/mol. The SMILES string of the molecule is Cc1cccc(C)c1NC(=O)Cn1nc2c3sc(N4CCCCC4)nc3ncn2c1=O. The van der Waals surface area contributed by atoms with Gasteiger partial charge in [-0.3, -0.25) is 4.79 Å². The normalized spacial score (nSPS) is 14.5. The number of para-hydroxylation sites is 1. The number of aromatic nitrogens is 5. The first-order chi connectivity index (χ1) is 15.0. The number of fused-ring (bicyclic) bond motifs is 3. The number of benzene rings is 1. The summed E-state index contributed by atoms with van der Waals surface area (Å²) in [5.41, 5.74) is 3.37. The molecule has 3 aromatic heterocycles. The number of aryl methyl sites for hydroxylation is 2. The first-order valence-electron chi connectivity index (χ1n) is 10.4. The summed E-state index contributed by atoms with van der Waals surface area (Å²) in [5.74, 6) is -0.301. The maximum atomic E-state index is 12.8. The molecule has 1 aliphatic rings. The van der Waals surface area contributed by atoms with Crippen LogP contribution in [0.5, 0.6) is 0 Å². The van der Waals surface area contributed by atoms with Gasteiger partial charge in [0.05, 0.1) is 0 Å². The number of anilines is 2. The van der Waals surface area contributed by atoms with Crippen molar-refractivity contribution >= 4 is 44.1 Å². The fourth-order valence-electron chi connectivity index (χ4n) is 3.98. The standard InChI is InChI=1S/C21H23N7O2S/c1-13-7-6-8-14(2)16(13)23-15(29)11-28-21(30)27-12-22-18-17(19(27)25-28)31-20(24-18)26-9-4-3-5-10-26/h6-8,12H,3-5,9-11H2,1-2H3,(H,23,29). The van der Waals surface area contributed by atoms with Gasteiger partial charge in [-0.1, -0.05) is 29.5 Å². The number of carbonyl (C=O) groups is 1. The van der Waals surface area contributed by atoms with Crippen molar-refractivity contribution in [3.05, 3.63) is 46.1 Å². The molecule has 1 amide bonds. The third kappa shape index (κ3) is 3.56. The Kier molecular flexibility index (Phi) is 4.93. The molecule has 5 rings (SSSR count). The Hall–Kier alpha value is -3.27. The Morgan fingerprint density at radius 3 is 2.65 bits per heavy atom. The fraction of sp³-hybridized carbons (Fsp3) is 0.381. The molecule has 0 atom stereocenters. The van der Waals surface area contributed by atoms with Gasteiger partial charge in [0, 0.05) is 18.8 Å². The number of nitrogens with one attached hydrogen (secondary N) is 1. The summed E-state index contributed by atoms with van der Waals surface area (Å²) < 4.78 is 3.32. The van der Waals surface area contributed by atoms with Crippen molar-refractivity contribution in [2.75, 3.05) is 23.3 Å². The quantitative estimate of drug-likeness (QED) is 0.527. The molecule has 1 fully saturated rings. The van der Waals surface area contributed by atoms with Crippen LogP contribution in [0.15, 0.2) is 29.3 Å². The fourth-order valence-corrected chi connectivity index (χ4v) is 5.02. The summed E-state index contributed by atoms with van der Waals surface area (Å²) >= 11 is 1.50. The topological polar surface area (TPSA) is 97.4 Å². The molecule has 9 nitrogen and oxygen atoms in total. The monoisotopic (exact) mass is 437 g/mol. The number of carbonyl (C=O) groups excluding carboxylic acids is 1. The van der Waals surface area contributed by atoms with Crippen LogP contribution >= 0.6 is 11.3 Å². The van der Waals surface area contributed by atoms with E-state index in [0.29, 0.717) is 11.3 Å². The summed E-state index contributed by atoms with van der Waals surface area (Å²) in [5, 5.41) is 8.25. The second-order valence-electron chi connectivity index (χ2n) is 7.89. The molecule has 1 N–H and O–H groups in total. The zero-order valence-electron chi connectivity index (χ0n) is 17.5. The molecule has 1 aromatic carbocycles. The summed E-state index contributed by atoms with van der Waals surface area (Å²) in [6.45, 7) is 5.66. The maximum absolute atomic E-state index is 12.8. The number of nitrogens with zero attached hydrogens (tertiary/aromatic N) is 6. The van der Waals surface area contributed by atoms with E-state index in [0.717, 1.165) is 52.6 Å². The lowest BCUT2D eigenvalue weighted by molar-refractivity contribution is -0.117. The Balaban J connectivity index is 1.46. The molecule has 4 aromatic rings. The Bertz CT molecular complexity index is 1330. The Labute approximate surface area is 182 Å². The average Bonchev–Trinajstić information content (AvgIpc) is 3.33. The van der Waals surface area contributed by atoms with Crippen molar-refractivity contribution in [3.63, 3.8) is 0 Å². The van der Waals surface area contributed by atoms with E-state index in [2.05, 4.69) is 25.3 Å². The molecule has 1 saturated heterocycles. The van der Waals surface area contributed by atoms with Crippen molar-refractivity contribution in [1.82, 2.24) is 24.1 Å². The minimum Gasteiger partial charge on any atom is -0.348 e. The highest BCUT2D eigenvalue weighted by atomic mass is 32.1. The molecule has 0 radical (unpaired) electrons. The third-order valence-electron chi connectivity index (χ3n) is 5.63. The maximum Gasteiger partial charge on any atom is 0.352 e. The van der Waals surface area contributed by atoms with Crippen molar-refractivity contribution in [1.29, 1.82) is 0 Å². The van der Waals surface area contributed by atoms with Crippen LogP contribution in [0.3, 0.4) is 0 Å². The lowest BCUT2D eigenvalue weighted by Gasteiger charge is -2.25. The summed E-state index contributed by atoms with van der Waals surface area (Å²) in [7, 11) is 0. The van der Waals surface area contributed by atoms with E-state index in [9.17, 15) is 9.59 Å². The van der Waals surface area contributed by atoms with Gasteiger partial charge in [0.1, 0.15) is 17.6 Å². The van der Waals surface area contributed by atoms with Gasteiger partial charge in [-0.2, -0.15) is 4.98 Å². The molecule has 0 saturated carbocycles. The van der Waals surface area contributed by atoms with Crippen molar-refractivity contribution in [2.24, 2.45) is 0 Å². The number of amides is 1. The van der Waals surface area contributed by atoms with Crippen molar-refractivity contribution < 1.29 is 4.79 Å². The van der Waals surface area contributed by atoms with E-state index in [4.69, 9.17) is 0 Å². The van der Waals surface area contributed by atoms with Gasteiger partial charge < -0.3 is 10.2 Å². The largest absolute Gasteiger partial charge is 0.352 e. The van der Waals surface area contributed by atoms with Gasteiger partial charge in [-0.05, 0) is 44.2 Å². The van der Waals surface area contributed by atoms with Crippen LogP contribution in [0.1, 0.15) is 30.4 Å². The summed E-state index contributed by atoms with van der Waals surface area (Å²) in [4.78, 5) is 36.7. The van der Waals surface area contributed by atoms with E-state index in [1.807, 2.05) is 32.0 Å². The molecule has 31 heavy (non-hydrogen) atoms. The molecule has 10 heteroatoms. The molecule has 0 aliphatic carbocycles. The minimum absolute atomic E-state index is 0.173. The second kappa shape index (κ2) is 7.77. The molecule has 1 aliphatic heterocycles. The van der Waals surface area contributed by atoms with Gasteiger partial charge >= 0.3 is 5.69 Å². The summed E-state index contributed by atoms with van der Waals surface area (Å²) in [6.07, 6.45) is 4.99. The lowest BCUT2D eigenvalue weighted by Crippen LogP contribution is -2.29. The van der Waals surface area contributed by atoms with Crippen LogP contribution in [0.2, 0.25) is 0 Å². The Morgan fingerprint density at radius 1 is 1.16 bits per heavy atom. The highest BCUT2D eigenvalue weighted by Crippen LogP contribution is 2.31. The first-order valence-corrected chi connectivity index (χ1v) is 11.2. The van der Waals surface area contributed by atoms with Crippen LogP contribution in [0.4, 0.5) is 10.8 Å². The van der Waals surface area contributed by atoms with Crippen LogP contribution in [-0.2, 0) is 11.3 Å². The first kappa shape index (κ1) is 19.7. The third-order valence-corrected chi connectivity index (χ3v) is 6.73. The van der Waals surface area contributed by atoms with E-state index in [1.54, 1.807) is 0 Å². The van der Waals surface area contributed by atoms with Gasteiger partial charge in [-0.15, -0.1) is 5.10 Å². The van der Waals surface area contributed by atoms with Crippen LogP contribution in [0, 0.1) is 13.8 Å². The predicted molar refractivity (Wildman–Crippen MR) is 121 cm³/mol. The molecular formula is C21H23N7O2S. The smallest absolute Gasteiger partial charge is 0.348 e. The second-order valence-corrected chi connectivity index (χ2v) is 8.87. The molecule has 0 spiro atoms. The predicted octanol–water partition coefficient (Wildman–Crippen LogP) is 2.75. The number of hydrogen-bond acceptors (Lipinski definition) is 7. The highest BCUT2D eigenvalue weighted by molar-refractivity contribution is 7.22. The van der Waals surface area contributed by atoms with Gasteiger partial charge in [0.2, 0.25) is 5.91 Å². The van der Waals surface area contributed by atoms with Crippen LogP contribution in [-0.4, -0.2) is 43.1 Å². The van der Waals surface area contributed by atoms with Crippen LogP contribution in [0.25, 0.3) is 16.0 Å². The van der Waals surface area contributed by atoms with E-state index in [1.165, 1.54) is 33.2 Å². The van der Waals surface area contributed by atoms with Gasteiger partial charge in [-0.25, -0.2) is 18.9 Å². The number of hydrogen-bond donors (Lipinski definition) is 1. The van der Waals surface area contributed by atoms with E-state index >= 15 is 0 Å². The van der Waals surface area contributed by atoms with Crippen LogP contribution < -0.4 is 15.9 Å².